The molecule has 0 aliphatic carbocycles. The first kappa shape index (κ1) is 14.7. The number of hydrogen-bond acceptors (Lipinski definition) is 3. The molecule has 1 aliphatic rings. The number of hydrogen-bond donors (Lipinski definition) is 0. The molecular weight excluding hydrogens is 380 g/mol. The molecule has 0 fully saturated rings. The highest BCUT2D eigenvalue weighted by Crippen LogP contribution is 2.24. The molecule has 1 aromatic carbocycles. The van der Waals surface area contributed by atoms with E-state index in [1.165, 1.54) is 15.6 Å². The SMILES string of the molecule is O=C(c1cc2ncc(Cl)cn2n1)N1CCc2ccc(Br)cc2C1. The number of amides is 1. The zero-order chi connectivity index (χ0) is 16.0. The van der Waals surface area contributed by atoms with Crippen LogP contribution in [0.5, 0.6) is 0 Å². The molecule has 2 aromatic heterocycles. The third-order valence-corrected chi connectivity index (χ3v) is 4.66. The van der Waals surface area contributed by atoms with Crippen molar-refractivity contribution in [3.63, 3.8) is 0 Å². The quantitative estimate of drug-likeness (QED) is 0.639. The van der Waals surface area contributed by atoms with Gasteiger partial charge in [-0.25, -0.2) is 9.50 Å². The van der Waals surface area contributed by atoms with E-state index in [-0.39, 0.29) is 5.91 Å². The number of aromatic nitrogens is 3. The maximum atomic E-state index is 12.7. The van der Waals surface area contributed by atoms with Crippen molar-refractivity contribution in [1.29, 1.82) is 0 Å². The summed E-state index contributed by atoms with van der Waals surface area (Å²) in [4.78, 5) is 18.7. The van der Waals surface area contributed by atoms with Crippen LogP contribution in [0.1, 0.15) is 21.6 Å². The molecule has 0 saturated heterocycles. The summed E-state index contributed by atoms with van der Waals surface area (Å²) in [6.45, 7) is 1.28. The zero-order valence-corrected chi connectivity index (χ0v) is 14.4. The van der Waals surface area contributed by atoms with Gasteiger partial charge in [-0.3, -0.25) is 4.79 Å². The van der Waals surface area contributed by atoms with Gasteiger partial charge in [0.25, 0.3) is 5.91 Å². The number of halogens is 2. The van der Waals surface area contributed by atoms with Crippen molar-refractivity contribution in [3.8, 4) is 0 Å². The molecule has 0 radical (unpaired) electrons. The lowest BCUT2D eigenvalue weighted by Crippen LogP contribution is -2.36. The third-order valence-electron chi connectivity index (χ3n) is 3.97. The van der Waals surface area contributed by atoms with Gasteiger partial charge in [0.05, 0.1) is 11.2 Å². The number of benzene rings is 1. The van der Waals surface area contributed by atoms with Crippen LogP contribution in [-0.4, -0.2) is 31.9 Å². The van der Waals surface area contributed by atoms with E-state index in [0.29, 0.717) is 29.5 Å². The van der Waals surface area contributed by atoms with Crippen molar-refractivity contribution in [3.05, 3.63) is 63.0 Å². The number of fused-ring (bicyclic) bond motifs is 2. The molecule has 3 aromatic rings. The first-order chi connectivity index (χ1) is 11.1. The van der Waals surface area contributed by atoms with Crippen molar-refractivity contribution in [2.24, 2.45) is 0 Å². The lowest BCUT2D eigenvalue weighted by atomic mass is 10.00. The van der Waals surface area contributed by atoms with Gasteiger partial charge in [-0.15, -0.1) is 0 Å². The van der Waals surface area contributed by atoms with Crippen molar-refractivity contribution in [1.82, 2.24) is 19.5 Å². The Morgan fingerprint density at radius 2 is 2.13 bits per heavy atom. The number of nitrogens with zero attached hydrogens (tertiary/aromatic N) is 4. The fourth-order valence-electron chi connectivity index (χ4n) is 2.82. The van der Waals surface area contributed by atoms with Crippen LogP contribution in [0.2, 0.25) is 5.02 Å². The minimum Gasteiger partial charge on any atom is -0.333 e. The Kier molecular flexibility index (Phi) is 3.58. The second kappa shape index (κ2) is 5.62. The predicted molar refractivity (Wildman–Crippen MR) is 90.6 cm³/mol. The Morgan fingerprint density at radius 3 is 3.00 bits per heavy atom. The summed E-state index contributed by atoms with van der Waals surface area (Å²) in [6.07, 6.45) is 4.04. The number of carbonyl (C=O) groups is 1. The summed E-state index contributed by atoms with van der Waals surface area (Å²) in [5, 5.41) is 4.77. The van der Waals surface area contributed by atoms with Gasteiger partial charge in [0.2, 0.25) is 0 Å². The second-order valence-corrected chi connectivity index (χ2v) is 6.85. The van der Waals surface area contributed by atoms with E-state index < -0.39 is 0 Å². The van der Waals surface area contributed by atoms with Gasteiger partial charge in [-0.05, 0) is 29.7 Å². The minimum absolute atomic E-state index is 0.0859. The lowest BCUT2D eigenvalue weighted by molar-refractivity contribution is 0.0728. The largest absolute Gasteiger partial charge is 0.333 e. The molecular formula is C16H12BrClN4O. The smallest absolute Gasteiger partial charge is 0.274 e. The molecule has 0 unspecified atom stereocenters. The summed E-state index contributed by atoms with van der Waals surface area (Å²) in [5.74, 6) is -0.0859. The Morgan fingerprint density at radius 1 is 1.26 bits per heavy atom. The predicted octanol–water partition coefficient (Wildman–Crippen LogP) is 3.34. The van der Waals surface area contributed by atoms with Gasteiger partial charge >= 0.3 is 0 Å². The molecule has 116 valence electrons. The number of rotatable bonds is 1. The first-order valence-corrected chi connectivity index (χ1v) is 8.35. The van der Waals surface area contributed by atoms with Crippen molar-refractivity contribution in [2.45, 2.75) is 13.0 Å². The average Bonchev–Trinajstić information content (AvgIpc) is 2.96. The molecule has 4 rings (SSSR count). The molecule has 1 aliphatic heterocycles. The van der Waals surface area contributed by atoms with Crippen LogP contribution in [0.15, 0.2) is 41.1 Å². The lowest BCUT2D eigenvalue weighted by Gasteiger charge is -2.28. The molecule has 0 bridgehead atoms. The molecule has 0 atom stereocenters. The molecule has 0 N–H and O–H groups in total. The fraction of sp³-hybridized carbons (Fsp3) is 0.188. The Hall–Kier alpha value is -1.92. The van der Waals surface area contributed by atoms with Crippen LogP contribution in [0.25, 0.3) is 5.65 Å². The van der Waals surface area contributed by atoms with E-state index in [1.54, 1.807) is 18.5 Å². The normalized spacial score (nSPS) is 14.1. The highest BCUT2D eigenvalue weighted by molar-refractivity contribution is 9.10. The van der Waals surface area contributed by atoms with Crippen molar-refractivity contribution < 1.29 is 4.79 Å². The summed E-state index contributed by atoms with van der Waals surface area (Å²) < 4.78 is 2.56. The third kappa shape index (κ3) is 2.72. The van der Waals surface area contributed by atoms with E-state index in [2.05, 4.69) is 38.1 Å². The van der Waals surface area contributed by atoms with Crippen LogP contribution < -0.4 is 0 Å². The van der Waals surface area contributed by atoms with Gasteiger partial charge in [-0.2, -0.15) is 5.10 Å². The van der Waals surface area contributed by atoms with Crippen LogP contribution in [0, 0.1) is 0 Å². The molecule has 0 spiro atoms. The molecule has 0 saturated carbocycles. The van der Waals surface area contributed by atoms with E-state index >= 15 is 0 Å². The zero-order valence-electron chi connectivity index (χ0n) is 12.0. The fourth-order valence-corrected chi connectivity index (χ4v) is 3.37. The highest BCUT2D eigenvalue weighted by atomic mass is 79.9. The molecule has 7 heteroatoms. The summed E-state index contributed by atoms with van der Waals surface area (Å²) >= 11 is 9.39. The van der Waals surface area contributed by atoms with Crippen LogP contribution >= 0.6 is 27.5 Å². The summed E-state index contributed by atoms with van der Waals surface area (Å²) in [5.41, 5.74) is 3.46. The number of carbonyl (C=O) groups excluding carboxylic acids is 1. The maximum absolute atomic E-state index is 12.7. The van der Waals surface area contributed by atoms with Gasteiger partial charge in [0.1, 0.15) is 0 Å². The highest BCUT2D eigenvalue weighted by Gasteiger charge is 2.24. The van der Waals surface area contributed by atoms with Crippen molar-refractivity contribution in [2.75, 3.05) is 6.54 Å². The summed E-state index contributed by atoms with van der Waals surface area (Å²) in [7, 11) is 0. The molecule has 5 nitrogen and oxygen atoms in total. The van der Waals surface area contributed by atoms with E-state index in [4.69, 9.17) is 11.6 Å². The maximum Gasteiger partial charge on any atom is 0.274 e. The van der Waals surface area contributed by atoms with E-state index in [0.717, 1.165) is 10.9 Å². The van der Waals surface area contributed by atoms with Crippen LogP contribution in [-0.2, 0) is 13.0 Å². The second-order valence-electron chi connectivity index (χ2n) is 5.49. The standard InChI is InChI=1S/C16H12BrClN4O/c17-12-2-1-10-3-4-21(8-11(10)5-12)16(23)14-6-15-19-7-13(18)9-22(15)20-14/h1-2,5-7,9H,3-4,8H2. The van der Waals surface area contributed by atoms with Gasteiger partial charge in [0, 0.05) is 29.8 Å². The minimum atomic E-state index is -0.0859. The topological polar surface area (TPSA) is 50.5 Å². The Bertz CT molecular complexity index is 924. The van der Waals surface area contributed by atoms with Crippen LogP contribution in [0.3, 0.4) is 0 Å². The first-order valence-electron chi connectivity index (χ1n) is 7.18. The Labute approximate surface area is 146 Å². The van der Waals surface area contributed by atoms with E-state index in [9.17, 15) is 4.79 Å². The van der Waals surface area contributed by atoms with Gasteiger partial charge in [0.15, 0.2) is 11.3 Å². The molecule has 3 heterocycles. The van der Waals surface area contributed by atoms with Crippen LogP contribution in [0.4, 0.5) is 0 Å². The average molecular weight is 392 g/mol. The molecule has 1 amide bonds. The van der Waals surface area contributed by atoms with Crippen molar-refractivity contribution >= 4 is 39.1 Å². The molecule has 23 heavy (non-hydrogen) atoms. The summed E-state index contributed by atoms with van der Waals surface area (Å²) in [6, 6.07) is 7.90. The van der Waals surface area contributed by atoms with Gasteiger partial charge in [-0.1, -0.05) is 33.6 Å². The van der Waals surface area contributed by atoms with Gasteiger partial charge < -0.3 is 4.90 Å². The van der Waals surface area contributed by atoms with E-state index in [1.807, 2.05) is 11.0 Å². The monoisotopic (exact) mass is 390 g/mol. The Balaban J connectivity index is 1.63.